The molecule has 2 heterocycles. The highest BCUT2D eigenvalue weighted by Gasteiger charge is 2.56. The van der Waals surface area contributed by atoms with Crippen LogP contribution in [0.4, 0.5) is 5.69 Å². The van der Waals surface area contributed by atoms with Gasteiger partial charge in [0.15, 0.2) is 28.9 Å². The molecule has 14 nitrogen and oxygen atoms in total. The van der Waals surface area contributed by atoms with Crippen molar-refractivity contribution in [2.45, 2.75) is 58.3 Å². The summed E-state index contributed by atoms with van der Waals surface area (Å²) in [7, 11) is 0. The molecule has 2 saturated heterocycles. The molecule has 0 radical (unpaired) electrons. The van der Waals surface area contributed by atoms with Crippen LogP contribution in [0.25, 0.3) is 6.08 Å². The molecule has 2 aliphatic rings. The number of amides is 1. The molecule has 0 N–H and O–H groups in total. The molecule has 0 saturated carbocycles. The maximum absolute atomic E-state index is 13.5. The number of benzene rings is 1. The van der Waals surface area contributed by atoms with Crippen molar-refractivity contribution in [1.82, 2.24) is 4.90 Å². The summed E-state index contributed by atoms with van der Waals surface area (Å²) in [5.41, 5.74) is 0.329. The first-order valence-corrected chi connectivity index (χ1v) is 12.8. The Kier molecular flexibility index (Phi) is 9.94. The van der Waals surface area contributed by atoms with Crippen LogP contribution in [0.1, 0.15) is 33.3 Å². The highest BCUT2D eigenvalue weighted by atomic mass is 32.2. The fourth-order valence-corrected chi connectivity index (χ4v) is 5.27. The second-order valence-electron chi connectivity index (χ2n) is 8.49. The van der Waals surface area contributed by atoms with E-state index in [4.69, 9.17) is 35.9 Å². The Labute approximate surface area is 237 Å². The number of rotatable bonds is 8. The molecule has 1 amide bonds. The van der Waals surface area contributed by atoms with Gasteiger partial charge in [0.1, 0.15) is 12.7 Å². The van der Waals surface area contributed by atoms with E-state index in [2.05, 4.69) is 0 Å². The molecule has 0 aliphatic carbocycles. The number of esters is 4. The number of nitrogens with zero attached hydrogens (tertiary/aromatic N) is 2. The number of ether oxygens (including phenoxy) is 5. The maximum atomic E-state index is 13.5. The van der Waals surface area contributed by atoms with E-state index in [1.165, 1.54) is 30.3 Å². The number of non-ortho nitro benzene ring substituents is 1. The molecule has 40 heavy (non-hydrogen) atoms. The zero-order valence-corrected chi connectivity index (χ0v) is 23.2. The monoisotopic (exact) mass is 596 g/mol. The largest absolute Gasteiger partial charge is 0.463 e. The SMILES string of the molecule is CC(=O)OC[C@@H]1O[C@H](N2C(=O)/C(=C\c3ccc([N+](=O)[O-])cc3)SC2=S)[C@H](OC(C)=O)[C@@H](OC(C)=O)[C@@H]1OC(C)=O. The van der Waals surface area contributed by atoms with Gasteiger partial charge in [-0.2, -0.15) is 0 Å². The molecule has 3 rings (SSSR count). The standard InChI is InChI=1S/C24H24N2O12S2/c1-11(27)34-10-17-19(35-12(2)28)20(36-13(3)29)21(37-14(4)30)23(38-17)25-22(31)18(40-24(25)39)9-15-5-7-16(8-6-15)26(32)33/h5-9,17,19-21,23H,10H2,1-4H3/b18-9+/t17-,19+,20-,21+,23-/m0/s1. The lowest BCUT2D eigenvalue weighted by atomic mass is 9.96. The second kappa shape index (κ2) is 13.0. The Morgan fingerprint density at radius 1 is 0.975 bits per heavy atom. The first kappa shape index (κ1) is 30.6. The van der Waals surface area contributed by atoms with E-state index in [1.54, 1.807) is 0 Å². The Balaban J connectivity index is 2.03. The average molecular weight is 597 g/mol. The minimum Gasteiger partial charge on any atom is -0.463 e. The van der Waals surface area contributed by atoms with Crippen molar-refractivity contribution in [3.63, 3.8) is 0 Å². The van der Waals surface area contributed by atoms with E-state index in [0.717, 1.165) is 44.4 Å². The van der Waals surface area contributed by atoms with Crippen LogP contribution in [0.2, 0.25) is 0 Å². The molecule has 0 aromatic heterocycles. The Bertz CT molecular complexity index is 1260. The van der Waals surface area contributed by atoms with Crippen molar-refractivity contribution in [3.8, 4) is 0 Å². The minimum atomic E-state index is -1.51. The number of thioether (sulfide) groups is 1. The van der Waals surface area contributed by atoms with Crippen LogP contribution in [0.5, 0.6) is 0 Å². The second-order valence-corrected chi connectivity index (χ2v) is 10.2. The lowest BCUT2D eigenvalue weighted by Crippen LogP contribution is -2.66. The summed E-state index contributed by atoms with van der Waals surface area (Å²) in [5.74, 6) is -3.81. The number of hydrogen-bond acceptors (Lipinski definition) is 14. The van der Waals surface area contributed by atoms with Crippen molar-refractivity contribution < 1.29 is 52.6 Å². The lowest BCUT2D eigenvalue weighted by Gasteiger charge is -2.46. The van der Waals surface area contributed by atoms with E-state index in [1.807, 2.05) is 0 Å². The Morgan fingerprint density at radius 3 is 2.05 bits per heavy atom. The van der Waals surface area contributed by atoms with Gasteiger partial charge in [-0.25, -0.2) is 0 Å². The number of hydrogen-bond donors (Lipinski definition) is 0. The molecule has 5 atom stereocenters. The van der Waals surface area contributed by atoms with Crippen LogP contribution in [0.15, 0.2) is 29.2 Å². The molecule has 1 aromatic carbocycles. The third kappa shape index (κ3) is 7.40. The van der Waals surface area contributed by atoms with Crippen LogP contribution in [0.3, 0.4) is 0 Å². The zero-order valence-electron chi connectivity index (χ0n) is 21.6. The summed E-state index contributed by atoms with van der Waals surface area (Å²) >= 11 is 6.31. The van der Waals surface area contributed by atoms with Gasteiger partial charge in [0.2, 0.25) is 0 Å². The highest BCUT2D eigenvalue weighted by Crippen LogP contribution is 2.39. The number of thiocarbonyl (C=S) groups is 1. The first-order chi connectivity index (χ1) is 18.8. The van der Waals surface area contributed by atoms with E-state index in [0.29, 0.717) is 5.56 Å². The summed E-state index contributed by atoms with van der Waals surface area (Å²) in [5, 5.41) is 10.9. The topological polar surface area (TPSA) is 178 Å². The number of carbonyl (C=O) groups excluding carboxylic acids is 5. The van der Waals surface area contributed by atoms with Gasteiger partial charge in [0.25, 0.3) is 11.6 Å². The van der Waals surface area contributed by atoms with Crippen LogP contribution in [-0.4, -0.2) is 81.2 Å². The summed E-state index contributed by atoms with van der Waals surface area (Å²) < 4.78 is 27.2. The number of carbonyl (C=O) groups is 5. The summed E-state index contributed by atoms with van der Waals surface area (Å²) in [6, 6.07) is 5.43. The van der Waals surface area contributed by atoms with Crippen molar-refractivity contribution in [2.75, 3.05) is 6.61 Å². The van der Waals surface area contributed by atoms with Crippen molar-refractivity contribution >= 4 is 69.8 Å². The van der Waals surface area contributed by atoms with E-state index in [-0.39, 0.29) is 14.9 Å². The van der Waals surface area contributed by atoms with E-state index in [9.17, 15) is 34.1 Å². The van der Waals surface area contributed by atoms with Gasteiger partial charge in [0.05, 0.1) is 9.83 Å². The molecule has 2 fully saturated rings. The van der Waals surface area contributed by atoms with Crippen LogP contribution < -0.4 is 0 Å². The maximum Gasteiger partial charge on any atom is 0.303 e. The first-order valence-electron chi connectivity index (χ1n) is 11.6. The molecule has 0 bridgehead atoms. The smallest absolute Gasteiger partial charge is 0.303 e. The van der Waals surface area contributed by atoms with Crippen LogP contribution >= 0.6 is 24.0 Å². The Hall–Kier alpha value is -3.89. The fraction of sp³-hybridized carbons (Fsp3) is 0.417. The molecule has 0 unspecified atom stereocenters. The quantitative estimate of drug-likeness (QED) is 0.106. The lowest BCUT2D eigenvalue weighted by molar-refractivity contribution is -0.384. The van der Waals surface area contributed by atoms with Gasteiger partial charge in [-0.1, -0.05) is 24.0 Å². The van der Waals surface area contributed by atoms with Crippen LogP contribution in [0, 0.1) is 10.1 Å². The van der Waals surface area contributed by atoms with Gasteiger partial charge >= 0.3 is 23.9 Å². The molecule has 0 spiro atoms. The molecule has 2 aliphatic heterocycles. The zero-order chi connectivity index (χ0) is 29.7. The predicted molar refractivity (Wildman–Crippen MR) is 140 cm³/mol. The summed E-state index contributed by atoms with van der Waals surface area (Å²) in [6.07, 6.45) is -5.69. The summed E-state index contributed by atoms with van der Waals surface area (Å²) in [6.45, 7) is 3.91. The molecular formula is C24H24N2O12S2. The van der Waals surface area contributed by atoms with E-state index >= 15 is 0 Å². The Morgan fingerprint density at radius 2 is 1.52 bits per heavy atom. The minimum absolute atomic E-state index is 0.0148. The highest BCUT2D eigenvalue weighted by molar-refractivity contribution is 8.26. The third-order valence-corrected chi connectivity index (χ3v) is 6.78. The van der Waals surface area contributed by atoms with Gasteiger partial charge in [0, 0.05) is 39.8 Å². The predicted octanol–water partition coefficient (Wildman–Crippen LogP) is 1.88. The van der Waals surface area contributed by atoms with Gasteiger partial charge in [-0.3, -0.25) is 39.0 Å². The molecular weight excluding hydrogens is 572 g/mol. The van der Waals surface area contributed by atoms with Crippen molar-refractivity contribution in [3.05, 3.63) is 44.8 Å². The van der Waals surface area contributed by atoms with Crippen molar-refractivity contribution in [2.24, 2.45) is 0 Å². The number of nitro groups is 1. The third-order valence-electron chi connectivity index (χ3n) is 5.45. The summed E-state index contributed by atoms with van der Waals surface area (Å²) in [4.78, 5) is 72.6. The van der Waals surface area contributed by atoms with Crippen molar-refractivity contribution in [1.29, 1.82) is 0 Å². The normalized spacial score (nSPS) is 25.4. The average Bonchev–Trinajstić information content (AvgIpc) is 3.12. The van der Waals surface area contributed by atoms with E-state index < -0.39 is 72.0 Å². The van der Waals surface area contributed by atoms with Gasteiger partial charge < -0.3 is 23.7 Å². The molecule has 16 heteroatoms. The fourth-order valence-electron chi connectivity index (χ4n) is 3.96. The molecule has 214 valence electrons. The van der Waals surface area contributed by atoms with Gasteiger partial charge in [-0.15, -0.1) is 0 Å². The number of nitro benzene ring substituents is 1. The molecule has 1 aromatic rings. The van der Waals surface area contributed by atoms with Crippen LogP contribution in [-0.2, 0) is 47.7 Å². The van der Waals surface area contributed by atoms with Gasteiger partial charge in [-0.05, 0) is 23.8 Å².